The first-order valence-corrected chi connectivity index (χ1v) is 6.97. The number of hydrogen-bond acceptors (Lipinski definition) is 4. The lowest BCUT2D eigenvalue weighted by Gasteiger charge is -2.15. The summed E-state index contributed by atoms with van der Waals surface area (Å²) in [6.07, 6.45) is 1.34. The van der Waals surface area contributed by atoms with E-state index in [9.17, 15) is 14.4 Å². The molecule has 1 fully saturated rings. The first kappa shape index (κ1) is 13.5. The molecule has 2 amide bonds. The van der Waals surface area contributed by atoms with E-state index in [-0.39, 0.29) is 31.2 Å². The summed E-state index contributed by atoms with van der Waals surface area (Å²) in [4.78, 5) is 36.3. The van der Waals surface area contributed by atoms with Crippen LogP contribution >= 0.6 is 0 Å². The van der Waals surface area contributed by atoms with Gasteiger partial charge in [0.15, 0.2) is 0 Å². The summed E-state index contributed by atoms with van der Waals surface area (Å²) in [7, 11) is 0. The minimum Gasteiger partial charge on any atom is -0.423 e. The molecule has 0 radical (unpaired) electrons. The van der Waals surface area contributed by atoms with Crippen LogP contribution in [-0.4, -0.2) is 16.7 Å². The zero-order valence-electron chi connectivity index (χ0n) is 11.7. The third kappa shape index (κ3) is 2.46. The fourth-order valence-corrected chi connectivity index (χ4v) is 2.59. The molecule has 5 heteroatoms. The Morgan fingerprint density at radius 1 is 1.10 bits per heavy atom. The number of rotatable bonds is 3. The van der Waals surface area contributed by atoms with Gasteiger partial charge in [0.05, 0.1) is 6.54 Å². The van der Waals surface area contributed by atoms with E-state index in [2.05, 4.69) is 0 Å². The van der Waals surface area contributed by atoms with Gasteiger partial charge in [-0.1, -0.05) is 19.1 Å². The lowest BCUT2D eigenvalue weighted by atomic mass is 10.1. The van der Waals surface area contributed by atoms with Crippen molar-refractivity contribution >= 4 is 22.8 Å². The van der Waals surface area contributed by atoms with Crippen LogP contribution in [0.25, 0.3) is 11.0 Å². The van der Waals surface area contributed by atoms with Crippen LogP contribution in [0.2, 0.25) is 0 Å². The highest BCUT2D eigenvalue weighted by atomic mass is 16.4. The third-order valence-corrected chi connectivity index (χ3v) is 3.79. The lowest BCUT2D eigenvalue weighted by Crippen LogP contribution is -2.28. The quantitative estimate of drug-likeness (QED) is 0.639. The maximum atomic E-state index is 11.7. The first-order valence-electron chi connectivity index (χ1n) is 6.97. The molecule has 0 bridgehead atoms. The molecule has 1 aliphatic heterocycles. The van der Waals surface area contributed by atoms with Crippen molar-refractivity contribution in [3.63, 3.8) is 0 Å². The van der Waals surface area contributed by atoms with Crippen LogP contribution in [0.4, 0.5) is 0 Å². The summed E-state index contributed by atoms with van der Waals surface area (Å²) in [5, 5.41) is 0.763. The van der Waals surface area contributed by atoms with E-state index < -0.39 is 5.63 Å². The molecule has 0 aliphatic carbocycles. The summed E-state index contributed by atoms with van der Waals surface area (Å²) in [6.45, 7) is 2.15. The predicted octanol–water partition coefficient (Wildman–Crippen LogP) is 2.00. The van der Waals surface area contributed by atoms with Crippen molar-refractivity contribution in [2.75, 3.05) is 0 Å². The first-order chi connectivity index (χ1) is 10.1. The molecular formula is C16H15NO4. The molecule has 1 aromatic heterocycles. The Balaban J connectivity index is 2.07. The van der Waals surface area contributed by atoms with E-state index in [1.165, 1.54) is 11.0 Å². The zero-order chi connectivity index (χ0) is 15.0. The Labute approximate surface area is 121 Å². The Kier molecular flexibility index (Phi) is 3.33. The van der Waals surface area contributed by atoms with E-state index in [0.717, 1.165) is 17.4 Å². The van der Waals surface area contributed by atoms with Crippen molar-refractivity contribution < 1.29 is 14.0 Å². The van der Waals surface area contributed by atoms with Crippen molar-refractivity contribution in [3.8, 4) is 0 Å². The van der Waals surface area contributed by atoms with Crippen LogP contribution in [0.5, 0.6) is 0 Å². The van der Waals surface area contributed by atoms with E-state index >= 15 is 0 Å². The predicted molar refractivity (Wildman–Crippen MR) is 76.7 cm³/mol. The summed E-state index contributed by atoms with van der Waals surface area (Å²) < 4.78 is 5.22. The van der Waals surface area contributed by atoms with Gasteiger partial charge in [0.2, 0.25) is 11.8 Å². The van der Waals surface area contributed by atoms with Crippen LogP contribution in [0, 0.1) is 0 Å². The van der Waals surface area contributed by atoms with Gasteiger partial charge < -0.3 is 4.42 Å². The minimum atomic E-state index is -0.468. The number of imide groups is 1. The van der Waals surface area contributed by atoms with Crippen LogP contribution in [0.3, 0.4) is 0 Å². The van der Waals surface area contributed by atoms with Crippen LogP contribution in [-0.2, 0) is 22.6 Å². The molecule has 1 saturated heterocycles. The van der Waals surface area contributed by atoms with Gasteiger partial charge in [0, 0.05) is 24.3 Å². The van der Waals surface area contributed by atoms with E-state index in [0.29, 0.717) is 11.1 Å². The van der Waals surface area contributed by atoms with E-state index in [1.807, 2.05) is 25.1 Å². The molecule has 0 saturated carbocycles. The number of benzene rings is 1. The molecule has 108 valence electrons. The van der Waals surface area contributed by atoms with Gasteiger partial charge in [-0.2, -0.15) is 0 Å². The van der Waals surface area contributed by atoms with Crippen molar-refractivity contribution in [3.05, 3.63) is 45.8 Å². The van der Waals surface area contributed by atoms with Gasteiger partial charge in [-0.05, 0) is 23.6 Å². The second-order valence-corrected chi connectivity index (χ2v) is 5.15. The average Bonchev–Trinajstić information content (AvgIpc) is 2.78. The number of carbonyl (C=O) groups excluding carboxylic acids is 2. The highest BCUT2D eigenvalue weighted by molar-refractivity contribution is 6.02. The largest absolute Gasteiger partial charge is 0.423 e. The molecule has 0 unspecified atom stereocenters. The Hall–Kier alpha value is -2.43. The molecule has 2 aromatic rings. The SMILES string of the molecule is CCc1ccc2c(CN3C(=O)CCC3=O)cc(=O)oc2c1. The lowest BCUT2D eigenvalue weighted by molar-refractivity contribution is -0.139. The highest BCUT2D eigenvalue weighted by Crippen LogP contribution is 2.22. The smallest absolute Gasteiger partial charge is 0.336 e. The Morgan fingerprint density at radius 2 is 1.81 bits per heavy atom. The summed E-state index contributed by atoms with van der Waals surface area (Å²) in [6, 6.07) is 7.01. The summed E-state index contributed by atoms with van der Waals surface area (Å²) in [5.41, 5.74) is 1.74. The normalized spacial score (nSPS) is 15.2. The van der Waals surface area contributed by atoms with Crippen LogP contribution in [0.15, 0.2) is 33.5 Å². The van der Waals surface area contributed by atoms with Gasteiger partial charge in [-0.15, -0.1) is 0 Å². The zero-order valence-corrected chi connectivity index (χ0v) is 11.7. The van der Waals surface area contributed by atoms with Gasteiger partial charge in [-0.3, -0.25) is 14.5 Å². The second kappa shape index (κ2) is 5.16. The summed E-state index contributed by atoms with van der Waals surface area (Å²) >= 11 is 0. The van der Waals surface area contributed by atoms with Gasteiger partial charge >= 0.3 is 5.63 Å². The molecule has 5 nitrogen and oxygen atoms in total. The molecule has 2 heterocycles. The fraction of sp³-hybridized carbons (Fsp3) is 0.312. The monoisotopic (exact) mass is 285 g/mol. The average molecular weight is 285 g/mol. The number of aryl methyl sites for hydroxylation is 1. The standard InChI is InChI=1S/C16H15NO4/c1-2-10-3-4-12-11(8-16(20)21-13(12)7-10)9-17-14(18)5-6-15(17)19/h3-4,7-8H,2,5-6,9H2,1H3. The fourth-order valence-electron chi connectivity index (χ4n) is 2.59. The van der Waals surface area contributed by atoms with Gasteiger partial charge in [-0.25, -0.2) is 4.79 Å². The van der Waals surface area contributed by atoms with Gasteiger partial charge in [0.25, 0.3) is 0 Å². The number of nitrogens with zero attached hydrogens (tertiary/aromatic N) is 1. The Morgan fingerprint density at radius 3 is 2.48 bits per heavy atom. The van der Waals surface area contributed by atoms with E-state index in [4.69, 9.17) is 4.42 Å². The molecular weight excluding hydrogens is 270 g/mol. The van der Waals surface area contributed by atoms with Crippen LogP contribution in [0.1, 0.15) is 30.9 Å². The topological polar surface area (TPSA) is 67.6 Å². The highest BCUT2D eigenvalue weighted by Gasteiger charge is 2.29. The molecule has 0 atom stereocenters. The molecule has 1 aromatic carbocycles. The number of fused-ring (bicyclic) bond motifs is 1. The van der Waals surface area contributed by atoms with Crippen molar-refractivity contribution in [2.45, 2.75) is 32.7 Å². The van der Waals surface area contributed by atoms with E-state index in [1.54, 1.807) is 0 Å². The van der Waals surface area contributed by atoms with Crippen molar-refractivity contribution in [1.29, 1.82) is 0 Å². The number of amides is 2. The molecule has 3 rings (SSSR count). The van der Waals surface area contributed by atoms with Crippen molar-refractivity contribution in [2.24, 2.45) is 0 Å². The molecule has 21 heavy (non-hydrogen) atoms. The number of likely N-dealkylation sites (tertiary alicyclic amines) is 1. The minimum absolute atomic E-state index is 0.130. The van der Waals surface area contributed by atoms with Crippen molar-refractivity contribution in [1.82, 2.24) is 4.90 Å². The number of carbonyl (C=O) groups is 2. The maximum absolute atomic E-state index is 11.7. The van der Waals surface area contributed by atoms with Crippen LogP contribution < -0.4 is 5.63 Å². The third-order valence-electron chi connectivity index (χ3n) is 3.79. The molecule has 1 aliphatic rings. The molecule has 0 spiro atoms. The maximum Gasteiger partial charge on any atom is 0.336 e. The Bertz CT molecular complexity index is 774. The molecule has 0 N–H and O–H groups in total. The summed E-state index contributed by atoms with van der Waals surface area (Å²) in [5.74, 6) is -0.377. The second-order valence-electron chi connectivity index (χ2n) is 5.15. The van der Waals surface area contributed by atoms with Gasteiger partial charge in [0.1, 0.15) is 5.58 Å². The number of hydrogen-bond donors (Lipinski definition) is 0.